The summed E-state index contributed by atoms with van der Waals surface area (Å²) in [5.74, 6) is -0.995. The zero-order valence-electron chi connectivity index (χ0n) is 16.3. The molecule has 2 N–H and O–H groups in total. The molecule has 6 rings (SSSR count). The summed E-state index contributed by atoms with van der Waals surface area (Å²) in [6.07, 6.45) is 0.0711. The van der Waals surface area contributed by atoms with Gasteiger partial charge in [0.15, 0.2) is 0 Å². The third-order valence-corrected chi connectivity index (χ3v) is 6.41. The summed E-state index contributed by atoms with van der Waals surface area (Å²) in [6.45, 7) is 3.82. The fourth-order valence-electron chi connectivity index (χ4n) is 4.94. The van der Waals surface area contributed by atoms with Gasteiger partial charge in [-0.1, -0.05) is 66.2 Å². The fourth-order valence-corrected chi connectivity index (χ4v) is 4.94. The highest BCUT2D eigenvalue weighted by Crippen LogP contribution is 2.59. The number of benzene rings is 3. The first-order chi connectivity index (χ1) is 13.9. The van der Waals surface area contributed by atoms with E-state index in [0.29, 0.717) is 28.0 Å². The van der Waals surface area contributed by atoms with Crippen molar-refractivity contribution >= 4 is 5.97 Å². The van der Waals surface area contributed by atoms with Gasteiger partial charge in [0.2, 0.25) is 0 Å². The van der Waals surface area contributed by atoms with Crippen molar-refractivity contribution in [3.63, 3.8) is 0 Å². The number of aryl methyl sites for hydroxylation is 2. The van der Waals surface area contributed by atoms with Crippen LogP contribution in [-0.2, 0) is 16.0 Å². The number of ether oxygens (including phenoxy) is 1. The molecule has 0 saturated carbocycles. The number of hydrogen-bond acceptors (Lipinski definition) is 4. The number of carbonyl (C=O) groups excluding carboxylic acids is 1. The lowest BCUT2D eigenvalue weighted by atomic mass is 9.54. The summed E-state index contributed by atoms with van der Waals surface area (Å²) in [6, 6.07) is 20.2. The van der Waals surface area contributed by atoms with Gasteiger partial charge < -0.3 is 14.9 Å². The van der Waals surface area contributed by atoms with Crippen LogP contribution in [0.1, 0.15) is 39.8 Å². The first kappa shape index (κ1) is 18.1. The van der Waals surface area contributed by atoms with Crippen LogP contribution in [0.5, 0.6) is 5.75 Å². The summed E-state index contributed by atoms with van der Waals surface area (Å²) in [7, 11) is 0. The maximum absolute atomic E-state index is 13.3. The summed E-state index contributed by atoms with van der Waals surface area (Å²) in [5.41, 5.74) is 1.38. The highest BCUT2D eigenvalue weighted by molar-refractivity contribution is 5.81. The second kappa shape index (κ2) is 6.02. The number of esters is 1. The van der Waals surface area contributed by atoms with Crippen molar-refractivity contribution in [2.45, 2.75) is 31.5 Å². The van der Waals surface area contributed by atoms with E-state index in [9.17, 15) is 15.0 Å². The molecule has 3 aliphatic rings. The van der Waals surface area contributed by atoms with Gasteiger partial charge in [0.05, 0.1) is 5.92 Å². The average Bonchev–Trinajstić information content (AvgIpc) is 2.71. The van der Waals surface area contributed by atoms with Crippen molar-refractivity contribution in [3.05, 3.63) is 100 Å². The average molecular weight is 386 g/mol. The first-order valence-electron chi connectivity index (χ1n) is 9.79. The van der Waals surface area contributed by atoms with Gasteiger partial charge in [0.1, 0.15) is 17.0 Å². The molecule has 3 unspecified atom stereocenters. The molecule has 3 aliphatic carbocycles. The SMILES string of the molecule is Cc1ccc2c(c1)C1(O)CC(C(=O)Oc3ccccc3C)C2(O)c2ccccc21. The Morgan fingerprint density at radius 2 is 1.55 bits per heavy atom. The molecule has 3 atom stereocenters. The van der Waals surface area contributed by atoms with Crippen LogP contribution in [0.2, 0.25) is 0 Å². The minimum absolute atomic E-state index is 0.0711. The lowest BCUT2D eigenvalue weighted by molar-refractivity contribution is -0.157. The zero-order valence-corrected chi connectivity index (χ0v) is 16.3. The summed E-state index contributed by atoms with van der Waals surface area (Å²) in [4.78, 5) is 13.3. The third kappa shape index (κ3) is 2.36. The number of para-hydroxylation sites is 1. The number of fused-ring (bicyclic) bond motifs is 1. The molecule has 2 bridgehead atoms. The predicted octanol–water partition coefficient (Wildman–Crippen LogP) is 3.71. The molecule has 0 radical (unpaired) electrons. The summed E-state index contributed by atoms with van der Waals surface area (Å²) in [5, 5.41) is 23.8. The predicted molar refractivity (Wildman–Crippen MR) is 109 cm³/mol. The van der Waals surface area contributed by atoms with E-state index < -0.39 is 23.1 Å². The van der Waals surface area contributed by atoms with E-state index in [4.69, 9.17) is 4.74 Å². The van der Waals surface area contributed by atoms with E-state index in [2.05, 4.69) is 0 Å². The Morgan fingerprint density at radius 3 is 2.31 bits per heavy atom. The Hall–Kier alpha value is -2.95. The van der Waals surface area contributed by atoms with Gasteiger partial charge in [-0.05, 0) is 47.7 Å². The van der Waals surface area contributed by atoms with Crippen molar-refractivity contribution in [1.82, 2.24) is 0 Å². The second-order valence-corrected chi connectivity index (χ2v) is 8.16. The van der Waals surface area contributed by atoms with Gasteiger partial charge in [-0.2, -0.15) is 0 Å². The molecule has 4 nitrogen and oxygen atoms in total. The van der Waals surface area contributed by atoms with Crippen LogP contribution in [0.3, 0.4) is 0 Å². The minimum Gasteiger partial charge on any atom is -0.426 e. The Labute approximate surface area is 169 Å². The molecule has 0 heterocycles. The van der Waals surface area contributed by atoms with Crippen molar-refractivity contribution in [2.75, 3.05) is 0 Å². The molecular weight excluding hydrogens is 364 g/mol. The van der Waals surface area contributed by atoms with Crippen LogP contribution in [0.25, 0.3) is 0 Å². The lowest BCUT2D eigenvalue weighted by Gasteiger charge is -2.53. The van der Waals surface area contributed by atoms with Crippen molar-refractivity contribution in [3.8, 4) is 5.75 Å². The molecule has 0 saturated heterocycles. The van der Waals surface area contributed by atoms with Gasteiger partial charge in [0.25, 0.3) is 0 Å². The van der Waals surface area contributed by atoms with Gasteiger partial charge in [0, 0.05) is 6.42 Å². The van der Waals surface area contributed by atoms with Gasteiger partial charge in [-0.15, -0.1) is 0 Å². The van der Waals surface area contributed by atoms with E-state index in [1.807, 2.05) is 62.4 Å². The highest BCUT2D eigenvalue weighted by Gasteiger charge is 2.62. The maximum Gasteiger partial charge on any atom is 0.318 e. The van der Waals surface area contributed by atoms with Crippen LogP contribution >= 0.6 is 0 Å². The highest BCUT2D eigenvalue weighted by atomic mass is 16.5. The largest absolute Gasteiger partial charge is 0.426 e. The Morgan fingerprint density at radius 1 is 0.897 bits per heavy atom. The van der Waals surface area contributed by atoms with Crippen LogP contribution in [-0.4, -0.2) is 16.2 Å². The molecule has 146 valence electrons. The smallest absolute Gasteiger partial charge is 0.318 e. The van der Waals surface area contributed by atoms with Crippen molar-refractivity contribution in [1.29, 1.82) is 0 Å². The molecule has 0 aromatic heterocycles. The third-order valence-electron chi connectivity index (χ3n) is 6.41. The number of aliphatic hydroxyl groups is 2. The Balaban J connectivity index is 1.68. The van der Waals surface area contributed by atoms with Crippen LogP contribution < -0.4 is 4.74 Å². The first-order valence-corrected chi connectivity index (χ1v) is 9.79. The fraction of sp³-hybridized carbons (Fsp3) is 0.240. The summed E-state index contributed by atoms with van der Waals surface area (Å²) >= 11 is 0. The van der Waals surface area contributed by atoms with Crippen LogP contribution in [0, 0.1) is 19.8 Å². The lowest BCUT2D eigenvalue weighted by Crippen LogP contribution is -2.57. The molecule has 0 fully saturated rings. The molecule has 4 heteroatoms. The molecule has 0 aliphatic heterocycles. The van der Waals surface area contributed by atoms with E-state index >= 15 is 0 Å². The number of carbonyl (C=O) groups is 1. The van der Waals surface area contributed by atoms with Gasteiger partial charge in [-0.25, -0.2) is 0 Å². The van der Waals surface area contributed by atoms with Gasteiger partial charge >= 0.3 is 5.97 Å². The summed E-state index contributed by atoms with van der Waals surface area (Å²) < 4.78 is 5.69. The maximum atomic E-state index is 13.3. The molecular formula is C25H22O4. The van der Waals surface area contributed by atoms with E-state index in [1.165, 1.54) is 0 Å². The van der Waals surface area contributed by atoms with Crippen LogP contribution in [0.4, 0.5) is 0 Å². The molecule has 3 aromatic rings. The van der Waals surface area contributed by atoms with E-state index in [0.717, 1.165) is 11.1 Å². The quantitative estimate of drug-likeness (QED) is 0.520. The molecule has 0 amide bonds. The minimum atomic E-state index is -1.55. The normalized spacial score (nSPS) is 26.6. The molecule has 29 heavy (non-hydrogen) atoms. The Kier molecular flexibility index (Phi) is 3.76. The number of hydrogen-bond donors (Lipinski definition) is 2. The zero-order chi connectivity index (χ0) is 20.4. The van der Waals surface area contributed by atoms with E-state index in [-0.39, 0.29) is 6.42 Å². The van der Waals surface area contributed by atoms with Crippen molar-refractivity contribution < 1.29 is 19.7 Å². The topological polar surface area (TPSA) is 66.8 Å². The van der Waals surface area contributed by atoms with Gasteiger partial charge in [-0.3, -0.25) is 4.79 Å². The standard InChI is InChI=1S/C25H22O4/c1-15-11-12-19-20(13-15)24(27)14-21(23(26)29-22-10-6-3-7-16(22)2)25(19,28)18-9-5-4-8-17(18)24/h3-13,21,27-28H,14H2,1-2H3. The Bertz CT molecular complexity index is 1150. The van der Waals surface area contributed by atoms with Crippen molar-refractivity contribution in [2.24, 2.45) is 5.92 Å². The van der Waals surface area contributed by atoms with Crippen LogP contribution in [0.15, 0.2) is 66.7 Å². The van der Waals surface area contributed by atoms with E-state index in [1.54, 1.807) is 18.2 Å². The second-order valence-electron chi connectivity index (χ2n) is 8.16. The monoisotopic (exact) mass is 386 g/mol. The molecule has 3 aromatic carbocycles. The number of rotatable bonds is 2. The molecule has 0 spiro atoms.